The number of fused-ring (bicyclic) bond motifs is 1. The van der Waals surface area contributed by atoms with E-state index in [9.17, 15) is 22.8 Å². The Kier molecular flexibility index (Phi) is 8.31. The maximum atomic E-state index is 14.4. The Morgan fingerprint density at radius 2 is 1.72 bits per heavy atom. The summed E-state index contributed by atoms with van der Waals surface area (Å²) in [7, 11) is -4.42. The molecule has 0 unspecified atom stereocenters. The zero-order chi connectivity index (χ0) is 32.8. The standard InChI is InChI=1S/C30H27Cl2N7O6S/c1-30(12-18-4-6-19(7-5-18)20-13-33-17-34-14-20)28(43)38(23-10-21(31)9-22(32)11-23)29-36-15-25(39(29)30)46(44,45)37-8-2-3-24(37)27(42)35-16-26(40)41/h4-7,9-11,13-15,17,24H,2-3,8,12,16H2,1H3,(H,35,42)(H,40,41)/t24-,30+/m0/s1. The summed E-state index contributed by atoms with van der Waals surface area (Å²) < 4.78 is 31.0. The van der Waals surface area contributed by atoms with Gasteiger partial charge in [-0.3, -0.25) is 19.0 Å². The van der Waals surface area contributed by atoms with E-state index in [1.54, 1.807) is 19.3 Å². The van der Waals surface area contributed by atoms with Gasteiger partial charge in [-0.2, -0.15) is 4.31 Å². The SMILES string of the molecule is C[C@@]1(Cc2ccc(-c3cncnc3)cc2)C(=O)N(c2cc(Cl)cc(Cl)c2)c2ncc(S(=O)(=O)N3CCC[C@H]3C(=O)NCC(=O)O)n21. The average molecular weight is 685 g/mol. The van der Waals surface area contributed by atoms with Gasteiger partial charge in [-0.15, -0.1) is 0 Å². The number of carbonyl (C=O) groups is 3. The summed E-state index contributed by atoms with van der Waals surface area (Å²) >= 11 is 12.6. The zero-order valence-corrected chi connectivity index (χ0v) is 26.6. The molecule has 0 radical (unpaired) electrons. The number of sulfonamides is 1. The predicted octanol–water partition coefficient (Wildman–Crippen LogP) is 3.64. The van der Waals surface area contributed by atoms with Crippen LogP contribution in [-0.4, -0.2) is 74.3 Å². The second kappa shape index (κ2) is 12.1. The molecular formula is C30H27Cl2N7O6S. The van der Waals surface area contributed by atoms with Crippen molar-refractivity contribution < 1.29 is 27.9 Å². The summed E-state index contributed by atoms with van der Waals surface area (Å²) in [5.74, 6) is -2.41. The van der Waals surface area contributed by atoms with Crippen molar-refractivity contribution in [1.82, 2.24) is 29.1 Å². The largest absolute Gasteiger partial charge is 0.480 e. The van der Waals surface area contributed by atoms with Crippen LogP contribution in [0.2, 0.25) is 10.0 Å². The van der Waals surface area contributed by atoms with Crippen molar-refractivity contribution in [3.05, 3.63) is 83.0 Å². The molecule has 238 valence electrons. The van der Waals surface area contributed by atoms with Crippen molar-refractivity contribution in [1.29, 1.82) is 0 Å². The molecule has 1 saturated heterocycles. The highest BCUT2D eigenvalue weighted by Gasteiger charge is 2.53. The minimum atomic E-state index is -4.42. The summed E-state index contributed by atoms with van der Waals surface area (Å²) in [6.45, 7) is 1.01. The molecule has 2 aliphatic heterocycles. The van der Waals surface area contributed by atoms with Crippen molar-refractivity contribution >= 4 is 62.6 Å². The van der Waals surface area contributed by atoms with E-state index in [1.807, 2.05) is 24.3 Å². The molecule has 16 heteroatoms. The molecule has 0 bridgehead atoms. The van der Waals surface area contributed by atoms with E-state index in [-0.39, 0.29) is 40.4 Å². The Morgan fingerprint density at radius 3 is 2.37 bits per heavy atom. The minimum Gasteiger partial charge on any atom is -0.480 e. The fourth-order valence-electron chi connectivity index (χ4n) is 5.96. The van der Waals surface area contributed by atoms with Gasteiger partial charge in [0, 0.05) is 41.0 Å². The lowest BCUT2D eigenvalue weighted by molar-refractivity contribution is -0.138. The highest BCUT2D eigenvalue weighted by molar-refractivity contribution is 7.89. The van der Waals surface area contributed by atoms with Crippen LogP contribution in [0.1, 0.15) is 25.3 Å². The third kappa shape index (κ3) is 5.61. The monoisotopic (exact) mass is 683 g/mol. The lowest BCUT2D eigenvalue weighted by atomic mass is 9.91. The molecular weight excluding hydrogens is 657 g/mol. The number of carboxylic acids is 1. The fourth-order valence-corrected chi connectivity index (χ4v) is 8.33. The molecule has 0 aliphatic carbocycles. The van der Waals surface area contributed by atoms with Crippen molar-refractivity contribution in [3.63, 3.8) is 0 Å². The normalized spacial score (nSPS) is 19.8. The first-order valence-electron chi connectivity index (χ1n) is 14.1. The van der Waals surface area contributed by atoms with Crippen molar-refractivity contribution in [2.45, 2.75) is 42.8 Å². The van der Waals surface area contributed by atoms with E-state index in [0.717, 1.165) is 27.2 Å². The van der Waals surface area contributed by atoms with Crippen LogP contribution in [0.4, 0.5) is 11.6 Å². The second-order valence-corrected chi connectivity index (χ2v) is 13.9. The van der Waals surface area contributed by atoms with E-state index >= 15 is 0 Å². The first-order chi connectivity index (χ1) is 21.9. The Balaban J connectivity index is 1.43. The van der Waals surface area contributed by atoms with Gasteiger partial charge in [0.15, 0.2) is 5.03 Å². The fraction of sp³-hybridized carbons (Fsp3) is 0.267. The number of aromatic nitrogens is 4. The van der Waals surface area contributed by atoms with Gasteiger partial charge in [0.05, 0.1) is 11.9 Å². The number of anilines is 2. The number of hydrogen-bond acceptors (Lipinski definition) is 8. The van der Waals surface area contributed by atoms with Gasteiger partial charge < -0.3 is 10.4 Å². The maximum absolute atomic E-state index is 14.4. The van der Waals surface area contributed by atoms with Gasteiger partial charge in [-0.1, -0.05) is 47.5 Å². The smallest absolute Gasteiger partial charge is 0.322 e. The number of nitrogens with one attached hydrogen (secondary N) is 1. The third-order valence-corrected chi connectivity index (χ3v) is 10.4. The van der Waals surface area contributed by atoms with Gasteiger partial charge in [-0.25, -0.2) is 28.3 Å². The van der Waals surface area contributed by atoms with Gasteiger partial charge in [-0.05, 0) is 49.1 Å². The lowest BCUT2D eigenvalue weighted by Gasteiger charge is -2.29. The van der Waals surface area contributed by atoms with Crippen LogP contribution in [0.15, 0.2) is 72.4 Å². The number of aliphatic carboxylic acids is 1. The number of benzene rings is 2. The van der Waals surface area contributed by atoms with E-state index in [4.69, 9.17) is 28.3 Å². The topological polar surface area (TPSA) is 168 Å². The Bertz CT molecular complexity index is 1940. The summed E-state index contributed by atoms with van der Waals surface area (Å²) in [5.41, 5.74) is 1.20. The molecule has 2 atom stereocenters. The molecule has 2 aromatic heterocycles. The van der Waals surface area contributed by atoms with Crippen LogP contribution in [0.5, 0.6) is 0 Å². The summed E-state index contributed by atoms with van der Waals surface area (Å²) in [6, 6.07) is 10.9. The second-order valence-electron chi connectivity index (χ2n) is 11.2. The first kappa shape index (κ1) is 31.6. The number of halogens is 2. The molecule has 46 heavy (non-hydrogen) atoms. The maximum Gasteiger partial charge on any atom is 0.322 e. The highest BCUT2D eigenvalue weighted by Crippen LogP contribution is 2.45. The number of carbonyl (C=O) groups excluding carboxylic acids is 2. The molecule has 13 nitrogen and oxygen atoms in total. The molecule has 0 spiro atoms. The Labute approximate surface area is 273 Å². The number of rotatable bonds is 9. The van der Waals surface area contributed by atoms with Gasteiger partial charge in [0.1, 0.15) is 24.5 Å². The highest BCUT2D eigenvalue weighted by atomic mass is 35.5. The van der Waals surface area contributed by atoms with Crippen LogP contribution in [-0.2, 0) is 36.4 Å². The Hall–Kier alpha value is -4.37. The van der Waals surface area contributed by atoms with E-state index in [2.05, 4.69) is 20.3 Å². The zero-order valence-electron chi connectivity index (χ0n) is 24.3. The predicted molar refractivity (Wildman–Crippen MR) is 168 cm³/mol. The van der Waals surface area contributed by atoms with Gasteiger partial charge in [0.2, 0.25) is 11.9 Å². The molecule has 2 amide bonds. The molecule has 4 heterocycles. The number of amides is 2. The van der Waals surface area contributed by atoms with Gasteiger partial charge in [0.25, 0.3) is 15.9 Å². The van der Waals surface area contributed by atoms with Crippen LogP contribution >= 0.6 is 23.2 Å². The molecule has 1 fully saturated rings. The van der Waals surface area contributed by atoms with E-state index in [1.165, 1.54) is 34.0 Å². The van der Waals surface area contributed by atoms with E-state index < -0.39 is 45.9 Å². The molecule has 2 aromatic carbocycles. The van der Waals surface area contributed by atoms with Crippen LogP contribution < -0.4 is 10.2 Å². The van der Waals surface area contributed by atoms with Crippen LogP contribution in [0.25, 0.3) is 11.1 Å². The number of imidazole rings is 1. The summed E-state index contributed by atoms with van der Waals surface area (Å²) in [6.07, 6.45) is 6.63. The lowest BCUT2D eigenvalue weighted by Crippen LogP contribution is -2.48. The summed E-state index contributed by atoms with van der Waals surface area (Å²) in [5, 5.41) is 11.5. The van der Waals surface area contributed by atoms with Crippen molar-refractivity contribution in [2.75, 3.05) is 18.0 Å². The van der Waals surface area contributed by atoms with E-state index in [0.29, 0.717) is 12.1 Å². The third-order valence-electron chi connectivity index (χ3n) is 8.06. The van der Waals surface area contributed by atoms with Gasteiger partial charge >= 0.3 is 5.97 Å². The number of hydrogen-bond donors (Lipinski definition) is 2. The van der Waals surface area contributed by atoms with Crippen molar-refractivity contribution in [3.8, 4) is 11.1 Å². The quantitative estimate of drug-likeness (QED) is 0.268. The number of nitrogens with zero attached hydrogens (tertiary/aromatic N) is 6. The first-order valence-corrected chi connectivity index (χ1v) is 16.3. The minimum absolute atomic E-state index is 0.0247. The summed E-state index contributed by atoms with van der Waals surface area (Å²) in [4.78, 5) is 52.1. The molecule has 4 aromatic rings. The van der Waals surface area contributed by atoms with Crippen LogP contribution in [0.3, 0.4) is 0 Å². The molecule has 2 N–H and O–H groups in total. The number of carboxylic acid groups (broad SMARTS) is 1. The molecule has 6 rings (SSSR count). The molecule has 0 saturated carbocycles. The molecule has 2 aliphatic rings. The van der Waals surface area contributed by atoms with Crippen molar-refractivity contribution in [2.24, 2.45) is 0 Å². The average Bonchev–Trinajstić information content (AvgIpc) is 3.74. The Morgan fingerprint density at radius 1 is 1.04 bits per heavy atom. The van der Waals surface area contributed by atoms with Crippen LogP contribution in [0, 0.1) is 0 Å².